The summed E-state index contributed by atoms with van der Waals surface area (Å²) in [6.07, 6.45) is -1.70. The van der Waals surface area contributed by atoms with Crippen molar-refractivity contribution in [3.63, 3.8) is 0 Å². The number of hydrogen-bond donors (Lipinski definition) is 2. The van der Waals surface area contributed by atoms with Crippen LogP contribution in [0.15, 0.2) is 24.3 Å². The Balaban J connectivity index is 2.21. The molecule has 1 aliphatic heterocycles. The molecule has 1 amide bonds. The summed E-state index contributed by atoms with van der Waals surface area (Å²) >= 11 is 5.88. The van der Waals surface area contributed by atoms with E-state index >= 15 is 0 Å². The van der Waals surface area contributed by atoms with Crippen LogP contribution in [-0.4, -0.2) is 46.3 Å². The lowest BCUT2D eigenvalue weighted by atomic mass is 9.87. The van der Waals surface area contributed by atoms with Crippen LogP contribution in [0.1, 0.15) is 25.3 Å². The molecule has 110 valence electrons. The maximum absolute atomic E-state index is 12.6. The normalized spacial score (nSPS) is 24.2. The second-order valence-corrected chi connectivity index (χ2v) is 6.09. The van der Waals surface area contributed by atoms with Gasteiger partial charge in [-0.3, -0.25) is 4.79 Å². The molecule has 3 atom stereocenters. The number of likely N-dealkylation sites (tertiary alicyclic amines) is 1. The fraction of sp³-hybridized carbons (Fsp3) is 0.533. The molecule has 20 heavy (non-hydrogen) atoms. The summed E-state index contributed by atoms with van der Waals surface area (Å²) in [6, 6.07) is 7.25. The predicted molar refractivity (Wildman–Crippen MR) is 77.6 cm³/mol. The van der Waals surface area contributed by atoms with E-state index in [1.165, 1.54) is 4.90 Å². The molecule has 0 radical (unpaired) electrons. The third kappa shape index (κ3) is 3.14. The Labute approximate surface area is 124 Å². The quantitative estimate of drug-likeness (QED) is 0.892. The van der Waals surface area contributed by atoms with Crippen molar-refractivity contribution in [2.75, 3.05) is 13.1 Å². The van der Waals surface area contributed by atoms with Crippen molar-refractivity contribution in [3.8, 4) is 0 Å². The van der Waals surface area contributed by atoms with E-state index in [0.29, 0.717) is 5.02 Å². The van der Waals surface area contributed by atoms with E-state index in [2.05, 4.69) is 0 Å². The average molecular weight is 298 g/mol. The minimum Gasteiger partial charge on any atom is -0.388 e. The molecule has 0 spiro atoms. The first-order valence-corrected chi connectivity index (χ1v) is 7.18. The molecule has 4 nitrogen and oxygen atoms in total. The number of carbonyl (C=O) groups is 1. The lowest BCUT2D eigenvalue weighted by molar-refractivity contribution is -0.133. The summed E-state index contributed by atoms with van der Waals surface area (Å²) < 4.78 is 0. The van der Waals surface area contributed by atoms with Gasteiger partial charge < -0.3 is 15.1 Å². The zero-order valence-corrected chi connectivity index (χ0v) is 12.4. The van der Waals surface area contributed by atoms with Gasteiger partial charge in [-0.25, -0.2) is 0 Å². The Kier molecular flexibility index (Phi) is 4.68. The number of rotatable bonds is 3. The number of amides is 1. The number of carbonyl (C=O) groups excluding carboxylic acids is 1. The molecule has 1 unspecified atom stereocenters. The van der Waals surface area contributed by atoms with Gasteiger partial charge in [-0.15, -0.1) is 0 Å². The molecule has 1 aromatic carbocycles. The van der Waals surface area contributed by atoms with E-state index < -0.39 is 12.2 Å². The molecule has 0 aromatic heterocycles. The Hall–Kier alpha value is -1.10. The largest absolute Gasteiger partial charge is 0.388 e. The predicted octanol–water partition coefficient (Wildman–Crippen LogP) is 1.64. The van der Waals surface area contributed by atoms with Crippen LogP contribution in [0.5, 0.6) is 0 Å². The first kappa shape index (κ1) is 15.3. The van der Waals surface area contributed by atoms with Gasteiger partial charge in [0.05, 0.1) is 18.1 Å². The highest BCUT2D eigenvalue weighted by Crippen LogP contribution is 2.29. The van der Waals surface area contributed by atoms with E-state index in [-0.39, 0.29) is 30.8 Å². The number of benzene rings is 1. The van der Waals surface area contributed by atoms with E-state index in [9.17, 15) is 15.0 Å². The van der Waals surface area contributed by atoms with Crippen molar-refractivity contribution < 1.29 is 15.0 Å². The molecular formula is C15H20ClNO3. The zero-order chi connectivity index (χ0) is 14.9. The molecule has 0 bridgehead atoms. The first-order valence-electron chi connectivity index (χ1n) is 6.80. The first-order chi connectivity index (χ1) is 9.40. The van der Waals surface area contributed by atoms with Crippen LogP contribution in [0.4, 0.5) is 0 Å². The standard InChI is InChI=1S/C15H20ClNO3/c1-9(2)14(10-3-5-11(16)6-4-10)15(20)17-7-12(18)13(19)8-17/h3-6,9,12-14,18-19H,7-8H2,1-2H3/t12-,13+,14?. The fourth-order valence-corrected chi connectivity index (χ4v) is 2.75. The van der Waals surface area contributed by atoms with E-state index in [0.717, 1.165) is 5.56 Å². The third-order valence-electron chi connectivity index (χ3n) is 3.73. The molecular weight excluding hydrogens is 278 g/mol. The Morgan fingerprint density at radius 3 is 2.15 bits per heavy atom. The molecule has 0 saturated carbocycles. The molecule has 2 N–H and O–H groups in total. The summed E-state index contributed by atoms with van der Waals surface area (Å²) in [5.41, 5.74) is 0.908. The lowest BCUT2D eigenvalue weighted by Crippen LogP contribution is -2.36. The minimum absolute atomic E-state index is 0.0575. The lowest BCUT2D eigenvalue weighted by Gasteiger charge is -2.26. The second-order valence-electron chi connectivity index (χ2n) is 5.65. The Bertz CT molecular complexity index is 465. The van der Waals surface area contributed by atoms with Crippen molar-refractivity contribution >= 4 is 17.5 Å². The highest BCUT2D eigenvalue weighted by atomic mass is 35.5. The van der Waals surface area contributed by atoms with Gasteiger partial charge in [-0.2, -0.15) is 0 Å². The number of aliphatic hydroxyl groups excluding tert-OH is 2. The molecule has 0 aliphatic carbocycles. The van der Waals surface area contributed by atoms with Gasteiger partial charge in [0.2, 0.25) is 5.91 Å². The summed E-state index contributed by atoms with van der Waals surface area (Å²) in [5, 5.41) is 19.8. The van der Waals surface area contributed by atoms with Crippen LogP contribution >= 0.6 is 11.6 Å². The monoisotopic (exact) mass is 297 g/mol. The zero-order valence-electron chi connectivity index (χ0n) is 11.7. The van der Waals surface area contributed by atoms with Crippen LogP contribution in [-0.2, 0) is 4.79 Å². The van der Waals surface area contributed by atoms with E-state index in [1.807, 2.05) is 26.0 Å². The maximum atomic E-state index is 12.6. The van der Waals surface area contributed by atoms with Gasteiger partial charge >= 0.3 is 0 Å². The topological polar surface area (TPSA) is 60.8 Å². The average Bonchev–Trinajstić information content (AvgIpc) is 2.72. The van der Waals surface area contributed by atoms with Crippen LogP contribution in [0, 0.1) is 5.92 Å². The molecule has 1 heterocycles. The molecule has 1 aliphatic rings. The van der Waals surface area contributed by atoms with Crippen molar-refractivity contribution in [2.45, 2.75) is 32.0 Å². The number of aliphatic hydroxyl groups is 2. The smallest absolute Gasteiger partial charge is 0.230 e. The number of β-amino-alcohol motifs (C(OH)–C–C–N with tert-alkyl or cyclic N) is 2. The third-order valence-corrected chi connectivity index (χ3v) is 3.98. The van der Waals surface area contributed by atoms with Crippen molar-refractivity contribution in [2.24, 2.45) is 5.92 Å². The SMILES string of the molecule is CC(C)C(C(=O)N1C[C@@H](O)[C@@H](O)C1)c1ccc(Cl)cc1. The van der Waals surface area contributed by atoms with Gasteiger partial charge in [-0.05, 0) is 23.6 Å². The van der Waals surface area contributed by atoms with Crippen molar-refractivity contribution in [3.05, 3.63) is 34.9 Å². The van der Waals surface area contributed by atoms with Crippen molar-refractivity contribution in [1.82, 2.24) is 4.90 Å². The van der Waals surface area contributed by atoms with Gasteiger partial charge in [0.1, 0.15) is 0 Å². The maximum Gasteiger partial charge on any atom is 0.230 e. The second kappa shape index (κ2) is 6.12. The molecule has 1 saturated heterocycles. The summed E-state index contributed by atoms with van der Waals surface area (Å²) in [6.45, 7) is 4.35. The van der Waals surface area contributed by atoms with Crippen molar-refractivity contribution in [1.29, 1.82) is 0 Å². The molecule has 1 aromatic rings. The molecule has 5 heteroatoms. The number of halogens is 1. The van der Waals surface area contributed by atoms with Gasteiger partial charge in [0.25, 0.3) is 0 Å². The highest BCUT2D eigenvalue weighted by molar-refractivity contribution is 6.30. The van der Waals surface area contributed by atoms with Gasteiger partial charge in [0, 0.05) is 18.1 Å². The van der Waals surface area contributed by atoms with Gasteiger partial charge in [0.15, 0.2) is 0 Å². The number of nitrogens with zero attached hydrogens (tertiary/aromatic N) is 1. The van der Waals surface area contributed by atoms with Crippen LogP contribution in [0.25, 0.3) is 0 Å². The fourth-order valence-electron chi connectivity index (χ4n) is 2.63. The van der Waals surface area contributed by atoms with Crippen LogP contribution < -0.4 is 0 Å². The van der Waals surface area contributed by atoms with Crippen LogP contribution in [0.3, 0.4) is 0 Å². The van der Waals surface area contributed by atoms with E-state index in [1.54, 1.807) is 12.1 Å². The highest BCUT2D eigenvalue weighted by Gasteiger charge is 2.36. The Morgan fingerprint density at radius 1 is 1.20 bits per heavy atom. The number of hydrogen-bond acceptors (Lipinski definition) is 3. The minimum atomic E-state index is -0.850. The molecule has 2 rings (SSSR count). The van der Waals surface area contributed by atoms with Gasteiger partial charge in [-0.1, -0.05) is 37.6 Å². The molecule has 1 fully saturated rings. The van der Waals surface area contributed by atoms with Crippen LogP contribution in [0.2, 0.25) is 5.02 Å². The summed E-state index contributed by atoms with van der Waals surface area (Å²) in [4.78, 5) is 14.2. The Morgan fingerprint density at radius 2 is 1.70 bits per heavy atom. The summed E-state index contributed by atoms with van der Waals surface area (Å²) in [7, 11) is 0. The van der Waals surface area contributed by atoms with E-state index in [4.69, 9.17) is 11.6 Å². The summed E-state index contributed by atoms with van der Waals surface area (Å²) in [5.74, 6) is -0.221.